The van der Waals surface area contributed by atoms with E-state index >= 15 is 0 Å². The minimum Gasteiger partial charge on any atom is -0.507 e. The van der Waals surface area contributed by atoms with E-state index in [-0.39, 0.29) is 22.9 Å². The number of benzene rings is 2. The van der Waals surface area contributed by atoms with Gasteiger partial charge < -0.3 is 19.9 Å². The second-order valence-electron chi connectivity index (χ2n) is 5.27. The van der Waals surface area contributed by atoms with Gasteiger partial charge in [-0.1, -0.05) is 23.7 Å². The molecule has 2 aromatic rings. The Labute approximate surface area is 150 Å². The lowest BCUT2D eigenvalue weighted by Crippen LogP contribution is -2.35. The minimum absolute atomic E-state index is 0.0951. The van der Waals surface area contributed by atoms with Crippen molar-refractivity contribution in [3.8, 4) is 11.5 Å². The maximum Gasteiger partial charge on any atom is 0.342 e. The summed E-state index contributed by atoms with van der Waals surface area (Å²) in [7, 11) is 1.57. The van der Waals surface area contributed by atoms with Gasteiger partial charge in [0.25, 0.3) is 5.91 Å². The van der Waals surface area contributed by atoms with Gasteiger partial charge in [-0.25, -0.2) is 4.79 Å². The third-order valence-electron chi connectivity index (χ3n) is 3.46. The molecule has 2 N–H and O–H groups in total. The number of phenolic OH excluding ortho intramolecular Hbond substituents is 1. The summed E-state index contributed by atoms with van der Waals surface area (Å²) in [6.45, 7) is 1.73. The van der Waals surface area contributed by atoms with Gasteiger partial charge >= 0.3 is 5.97 Å². The highest BCUT2D eigenvalue weighted by atomic mass is 35.5. The van der Waals surface area contributed by atoms with Crippen LogP contribution in [0.1, 0.15) is 22.8 Å². The topological polar surface area (TPSA) is 84.9 Å². The molecule has 1 atom stereocenters. The molecular weight excluding hydrogens is 346 g/mol. The van der Waals surface area contributed by atoms with E-state index in [4.69, 9.17) is 21.1 Å². The first kappa shape index (κ1) is 18.6. The molecule has 0 aliphatic heterocycles. The van der Waals surface area contributed by atoms with Crippen molar-refractivity contribution in [3.05, 3.63) is 58.6 Å². The molecule has 0 fully saturated rings. The van der Waals surface area contributed by atoms with Gasteiger partial charge in [0.05, 0.1) is 7.11 Å². The van der Waals surface area contributed by atoms with Crippen molar-refractivity contribution in [3.63, 3.8) is 0 Å². The first-order valence-corrected chi connectivity index (χ1v) is 7.88. The molecule has 0 aromatic heterocycles. The molecule has 132 valence electrons. The minimum atomic E-state index is -1.02. The fourth-order valence-corrected chi connectivity index (χ4v) is 2.20. The zero-order valence-corrected chi connectivity index (χ0v) is 14.5. The number of nitrogens with one attached hydrogen (secondary N) is 1. The summed E-state index contributed by atoms with van der Waals surface area (Å²) in [6.07, 6.45) is -1.02. The molecule has 0 radical (unpaired) electrons. The van der Waals surface area contributed by atoms with Crippen LogP contribution in [0.25, 0.3) is 0 Å². The van der Waals surface area contributed by atoms with Crippen LogP contribution in [0.15, 0.2) is 42.5 Å². The summed E-state index contributed by atoms with van der Waals surface area (Å²) >= 11 is 5.79. The fourth-order valence-electron chi connectivity index (χ4n) is 2.03. The zero-order valence-electron chi connectivity index (χ0n) is 13.8. The van der Waals surface area contributed by atoms with Crippen molar-refractivity contribution < 1.29 is 24.2 Å². The van der Waals surface area contributed by atoms with Crippen molar-refractivity contribution in [2.24, 2.45) is 0 Å². The van der Waals surface area contributed by atoms with Crippen LogP contribution < -0.4 is 10.1 Å². The lowest BCUT2D eigenvalue weighted by Gasteiger charge is -2.14. The van der Waals surface area contributed by atoms with Gasteiger partial charge in [0.2, 0.25) is 0 Å². The van der Waals surface area contributed by atoms with Gasteiger partial charge in [-0.15, -0.1) is 0 Å². The Kier molecular flexibility index (Phi) is 6.25. The van der Waals surface area contributed by atoms with E-state index in [1.54, 1.807) is 19.2 Å². The van der Waals surface area contributed by atoms with Crippen molar-refractivity contribution in [2.45, 2.75) is 19.6 Å². The first-order chi connectivity index (χ1) is 11.9. The van der Waals surface area contributed by atoms with Crippen molar-refractivity contribution in [2.75, 3.05) is 7.11 Å². The number of carbonyl (C=O) groups is 2. The van der Waals surface area contributed by atoms with Gasteiger partial charge in [0.1, 0.15) is 17.1 Å². The lowest BCUT2D eigenvalue weighted by atomic mass is 10.2. The number of carbonyl (C=O) groups excluding carboxylic acids is 2. The number of rotatable bonds is 6. The number of ether oxygens (including phenoxy) is 2. The van der Waals surface area contributed by atoms with E-state index < -0.39 is 18.0 Å². The molecule has 0 aliphatic carbocycles. The average Bonchev–Trinajstić information content (AvgIpc) is 2.61. The molecule has 0 spiro atoms. The SMILES string of the molecule is COc1ccc(CNC(=O)[C@@H](C)OC(=O)c2cc(Cl)ccc2O)cc1. The molecule has 0 heterocycles. The summed E-state index contributed by atoms with van der Waals surface area (Å²) in [5.74, 6) is -0.822. The molecule has 0 saturated heterocycles. The molecule has 2 aromatic carbocycles. The molecule has 7 heteroatoms. The van der Waals surface area contributed by atoms with E-state index in [1.165, 1.54) is 25.1 Å². The van der Waals surface area contributed by atoms with Crippen LogP contribution in [0.3, 0.4) is 0 Å². The Balaban J connectivity index is 1.90. The van der Waals surface area contributed by atoms with Crippen LogP contribution in [-0.4, -0.2) is 30.2 Å². The van der Waals surface area contributed by atoms with E-state index in [9.17, 15) is 14.7 Å². The van der Waals surface area contributed by atoms with Crippen molar-refractivity contribution in [1.82, 2.24) is 5.32 Å². The summed E-state index contributed by atoms with van der Waals surface area (Å²) in [5, 5.41) is 12.6. The van der Waals surface area contributed by atoms with Crippen molar-refractivity contribution in [1.29, 1.82) is 0 Å². The van der Waals surface area contributed by atoms with Gasteiger partial charge in [-0.3, -0.25) is 4.79 Å². The number of hydrogen-bond donors (Lipinski definition) is 2. The number of halogens is 1. The van der Waals surface area contributed by atoms with Crippen LogP contribution >= 0.6 is 11.6 Å². The molecule has 1 amide bonds. The van der Waals surface area contributed by atoms with Gasteiger partial charge in [-0.05, 0) is 42.8 Å². The Hall–Kier alpha value is -2.73. The maximum absolute atomic E-state index is 12.1. The zero-order chi connectivity index (χ0) is 18.4. The maximum atomic E-state index is 12.1. The smallest absolute Gasteiger partial charge is 0.342 e. The second kappa shape index (κ2) is 8.39. The third-order valence-corrected chi connectivity index (χ3v) is 3.69. The molecule has 2 rings (SSSR count). The quantitative estimate of drug-likeness (QED) is 0.771. The Morgan fingerprint density at radius 1 is 1.20 bits per heavy atom. The second-order valence-corrected chi connectivity index (χ2v) is 5.71. The molecule has 0 bridgehead atoms. The monoisotopic (exact) mass is 363 g/mol. The molecule has 0 saturated carbocycles. The standard InChI is InChI=1S/C18H18ClNO5/c1-11(25-18(23)15-9-13(19)5-8-16(15)21)17(22)20-10-12-3-6-14(24-2)7-4-12/h3-9,11,21H,10H2,1-2H3,(H,20,22)/t11-/m1/s1. The van der Waals surface area contributed by atoms with Crippen molar-refractivity contribution >= 4 is 23.5 Å². The van der Waals surface area contributed by atoms with Gasteiger partial charge in [-0.2, -0.15) is 0 Å². The Morgan fingerprint density at radius 3 is 2.52 bits per heavy atom. The molecule has 6 nitrogen and oxygen atoms in total. The predicted octanol–water partition coefficient (Wildman–Crippen LogP) is 2.92. The molecular formula is C18H18ClNO5. The third kappa shape index (κ3) is 5.12. The van der Waals surface area contributed by atoms with Crippen LogP contribution in [0.4, 0.5) is 0 Å². The van der Waals surface area contributed by atoms with E-state index in [0.29, 0.717) is 0 Å². The van der Waals surface area contributed by atoms with Gasteiger partial charge in [0.15, 0.2) is 6.10 Å². The number of hydrogen-bond acceptors (Lipinski definition) is 5. The summed E-state index contributed by atoms with van der Waals surface area (Å²) in [4.78, 5) is 24.1. The summed E-state index contributed by atoms with van der Waals surface area (Å²) < 4.78 is 10.1. The number of phenols is 1. The highest BCUT2D eigenvalue weighted by molar-refractivity contribution is 6.31. The molecule has 0 unspecified atom stereocenters. The van der Waals surface area contributed by atoms with Crippen LogP contribution in [0.5, 0.6) is 11.5 Å². The Bertz CT molecular complexity index is 761. The highest BCUT2D eigenvalue weighted by Gasteiger charge is 2.21. The number of esters is 1. The normalized spacial score (nSPS) is 11.5. The average molecular weight is 364 g/mol. The van der Waals surface area contributed by atoms with E-state index in [2.05, 4.69) is 5.32 Å². The van der Waals surface area contributed by atoms with E-state index in [1.807, 2.05) is 12.1 Å². The molecule has 25 heavy (non-hydrogen) atoms. The van der Waals surface area contributed by atoms with E-state index in [0.717, 1.165) is 11.3 Å². The summed E-state index contributed by atoms with van der Waals surface area (Å²) in [5.41, 5.74) is 0.780. The van der Waals surface area contributed by atoms with Gasteiger partial charge in [0, 0.05) is 11.6 Å². The largest absolute Gasteiger partial charge is 0.507 e. The van der Waals surface area contributed by atoms with Crippen LogP contribution in [0, 0.1) is 0 Å². The predicted molar refractivity (Wildman–Crippen MR) is 92.8 cm³/mol. The number of aromatic hydroxyl groups is 1. The van der Waals surface area contributed by atoms with Crippen LogP contribution in [0.2, 0.25) is 5.02 Å². The highest BCUT2D eigenvalue weighted by Crippen LogP contribution is 2.22. The fraction of sp³-hybridized carbons (Fsp3) is 0.222. The lowest BCUT2D eigenvalue weighted by molar-refractivity contribution is -0.129. The van der Waals surface area contributed by atoms with Crippen LogP contribution in [-0.2, 0) is 16.1 Å². The first-order valence-electron chi connectivity index (χ1n) is 7.51. The Morgan fingerprint density at radius 2 is 1.88 bits per heavy atom. The number of methoxy groups -OCH3 is 1. The number of amides is 1. The molecule has 0 aliphatic rings. The summed E-state index contributed by atoms with van der Waals surface area (Å²) in [6, 6.07) is 11.2.